The molecule has 1 aromatic heterocycles. The van der Waals surface area contributed by atoms with Gasteiger partial charge in [-0.05, 0) is 67.0 Å². The van der Waals surface area contributed by atoms with E-state index in [1.807, 2.05) is 37.4 Å². The number of carboxylic acids is 1. The molecule has 3 aromatic rings. The minimum absolute atomic E-state index is 0.194. The molecular formula is C31H32FNO4S. The summed E-state index contributed by atoms with van der Waals surface area (Å²) >= 11 is 1.42. The summed E-state index contributed by atoms with van der Waals surface area (Å²) in [5.41, 5.74) is 2.78. The van der Waals surface area contributed by atoms with E-state index in [-0.39, 0.29) is 17.6 Å². The van der Waals surface area contributed by atoms with Gasteiger partial charge in [-0.15, -0.1) is 11.3 Å². The topological polar surface area (TPSA) is 74.7 Å². The molecule has 4 unspecified atom stereocenters. The number of likely N-dealkylation sites (tertiary alicyclic amines) is 1. The van der Waals surface area contributed by atoms with Crippen LogP contribution in [0, 0.1) is 31.5 Å². The zero-order valence-electron chi connectivity index (χ0n) is 21.6. The number of hydrogen-bond acceptors (Lipinski definition) is 4. The number of Topliss-reactive ketones (excluding diaryl/α,β-unsaturated/α-hetero) is 1. The van der Waals surface area contributed by atoms with Crippen LogP contribution < -0.4 is 0 Å². The Morgan fingerprint density at radius 1 is 0.921 bits per heavy atom. The van der Waals surface area contributed by atoms with Crippen LogP contribution in [0.4, 0.5) is 4.39 Å². The third-order valence-electron chi connectivity index (χ3n) is 8.26. The van der Waals surface area contributed by atoms with E-state index in [0.29, 0.717) is 24.0 Å². The molecule has 5 nitrogen and oxygen atoms in total. The van der Waals surface area contributed by atoms with Crippen LogP contribution in [0.5, 0.6) is 0 Å². The number of ketones is 1. The van der Waals surface area contributed by atoms with E-state index in [1.54, 1.807) is 24.3 Å². The molecule has 198 valence electrons. The van der Waals surface area contributed by atoms with E-state index in [9.17, 15) is 23.9 Å². The second kappa shape index (κ2) is 10.8. The number of aryl methyl sites for hydroxylation is 2. The Labute approximate surface area is 226 Å². The fraction of sp³-hybridized carbons (Fsp3) is 0.387. The van der Waals surface area contributed by atoms with Crippen molar-refractivity contribution in [3.05, 3.63) is 92.9 Å². The zero-order chi connectivity index (χ0) is 27.0. The maximum absolute atomic E-state index is 14.4. The molecule has 1 N–H and O–H groups in total. The lowest BCUT2D eigenvalue weighted by atomic mass is 9.77. The van der Waals surface area contributed by atoms with Crippen molar-refractivity contribution >= 4 is 29.0 Å². The Morgan fingerprint density at radius 2 is 1.61 bits per heavy atom. The molecule has 1 saturated carbocycles. The number of aliphatic carboxylic acids is 1. The molecule has 1 saturated heterocycles. The largest absolute Gasteiger partial charge is 0.480 e. The molecule has 4 atom stereocenters. The third kappa shape index (κ3) is 4.68. The van der Waals surface area contributed by atoms with Crippen molar-refractivity contribution in [3.8, 4) is 0 Å². The Hall–Kier alpha value is -3.32. The van der Waals surface area contributed by atoms with Gasteiger partial charge in [0, 0.05) is 22.3 Å². The number of benzene rings is 2. The van der Waals surface area contributed by atoms with Gasteiger partial charge in [-0.25, -0.2) is 9.18 Å². The summed E-state index contributed by atoms with van der Waals surface area (Å²) in [6.45, 7) is 3.78. The van der Waals surface area contributed by atoms with E-state index >= 15 is 0 Å². The summed E-state index contributed by atoms with van der Waals surface area (Å²) in [6, 6.07) is 13.0. The second-order valence-electron chi connectivity index (χ2n) is 10.6. The van der Waals surface area contributed by atoms with Crippen LogP contribution in [0.3, 0.4) is 0 Å². The predicted molar refractivity (Wildman–Crippen MR) is 145 cm³/mol. The van der Waals surface area contributed by atoms with Gasteiger partial charge in [0.1, 0.15) is 11.9 Å². The van der Waals surface area contributed by atoms with Crippen LogP contribution in [0.2, 0.25) is 0 Å². The van der Waals surface area contributed by atoms with Gasteiger partial charge >= 0.3 is 5.97 Å². The summed E-state index contributed by atoms with van der Waals surface area (Å²) in [5, 5.41) is 12.6. The number of carboxylic acid groups (broad SMARTS) is 1. The Morgan fingerprint density at radius 3 is 2.21 bits per heavy atom. The zero-order valence-corrected chi connectivity index (χ0v) is 22.4. The van der Waals surface area contributed by atoms with E-state index in [0.717, 1.165) is 35.3 Å². The Bertz CT molecular complexity index is 1340. The lowest BCUT2D eigenvalue weighted by Crippen LogP contribution is -2.46. The lowest BCUT2D eigenvalue weighted by molar-refractivity contribution is -0.152. The highest BCUT2D eigenvalue weighted by Gasteiger charge is 2.59. The number of rotatable bonds is 6. The molecule has 2 aliphatic rings. The minimum atomic E-state index is -1.21. The van der Waals surface area contributed by atoms with E-state index in [4.69, 9.17) is 0 Å². The van der Waals surface area contributed by atoms with E-state index in [1.165, 1.54) is 28.4 Å². The van der Waals surface area contributed by atoms with Crippen molar-refractivity contribution in [3.63, 3.8) is 0 Å². The molecule has 2 aromatic carbocycles. The van der Waals surface area contributed by atoms with E-state index < -0.39 is 35.7 Å². The number of hydrogen-bond donors (Lipinski definition) is 1. The monoisotopic (exact) mass is 533 g/mol. The third-order valence-corrected chi connectivity index (χ3v) is 9.38. The maximum atomic E-state index is 14.4. The van der Waals surface area contributed by atoms with Crippen molar-refractivity contribution < 1.29 is 23.9 Å². The summed E-state index contributed by atoms with van der Waals surface area (Å²) in [5.74, 6) is -3.83. The fourth-order valence-electron chi connectivity index (χ4n) is 6.41. The molecule has 0 radical (unpaired) electrons. The quantitative estimate of drug-likeness (QED) is 0.358. The van der Waals surface area contributed by atoms with Gasteiger partial charge in [0.05, 0.1) is 12.0 Å². The second-order valence-corrected chi connectivity index (χ2v) is 11.5. The lowest BCUT2D eigenvalue weighted by Gasteiger charge is -2.34. The highest BCUT2D eigenvalue weighted by atomic mass is 32.1. The molecule has 1 aliphatic carbocycles. The first-order chi connectivity index (χ1) is 18.3. The van der Waals surface area contributed by atoms with Crippen LogP contribution in [-0.2, 0) is 9.59 Å². The van der Waals surface area contributed by atoms with Gasteiger partial charge in [-0.1, -0.05) is 55.7 Å². The Kier molecular flexibility index (Phi) is 7.48. The number of halogens is 1. The van der Waals surface area contributed by atoms with Crippen LogP contribution in [0.25, 0.3) is 0 Å². The van der Waals surface area contributed by atoms with Crippen LogP contribution in [0.1, 0.15) is 76.0 Å². The average Bonchev–Trinajstić information content (AvgIpc) is 3.50. The van der Waals surface area contributed by atoms with E-state index in [2.05, 4.69) is 0 Å². The normalized spacial score (nSPS) is 23.9. The first-order valence-electron chi connectivity index (χ1n) is 13.2. The molecule has 0 spiro atoms. The summed E-state index contributed by atoms with van der Waals surface area (Å²) in [6.07, 6.45) is 4.30. The molecule has 2 heterocycles. The van der Waals surface area contributed by atoms with Gasteiger partial charge in [0.2, 0.25) is 5.91 Å². The predicted octanol–water partition coefficient (Wildman–Crippen LogP) is 6.70. The van der Waals surface area contributed by atoms with Crippen molar-refractivity contribution in [2.75, 3.05) is 0 Å². The van der Waals surface area contributed by atoms with Gasteiger partial charge in [-0.2, -0.15) is 0 Å². The first-order valence-corrected chi connectivity index (χ1v) is 14.1. The van der Waals surface area contributed by atoms with Crippen molar-refractivity contribution in [1.82, 2.24) is 4.90 Å². The van der Waals surface area contributed by atoms with Gasteiger partial charge in [0.15, 0.2) is 5.78 Å². The van der Waals surface area contributed by atoms with Crippen LogP contribution in [-0.4, -0.2) is 33.7 Å². The molecule has 0 bridgehead atoms. The minimum Gasteiger partial charge on any atom is -0.480 e. The van der Waals surface area contributed by atoms with Crippen molar-refractivity contribution in [1.29, 1.82) is 0 Å². The smallest absolute Gasteiger partial charge is 0.327 e. The number of thiophene rings is 1. The summed E-state index contributed by atoms with van der Waals surface area (Å²) in [4.78, 5) is 44.0. The number of carbonyl (C=O) groups excluding carboxylic acids is 2. The fourth-order valence-corrected chi connectivity index (χ4v) is 7.52. The standard InChI is InChI=1S/C31H32FNO4S/c1-18-8-6-7-11-23(18)28(34)24-25(29-19(2)16-17-38-29)27(31(36)37)33(30(35)21-9-4-3-5-10-21)26(24)20-12-14-22(32)15-13-20/h6-8,11-17,21,24-27H,3-5,9-10H2,1-2H3,(H,36,37). The van der Waals surface area contributed by atoms with Crippen LogP contribution in [0.15, 0.2) is 60.0 Å². The Balaban J connectivity index is 1.75. The highest BCUT2D eigenvalue weighted by Crippen LogP contribution is 2.54. The average molecular weight is 534 g/mol. The number of carbonyl (C=O) groups is 3. The summed E-state index contributed by atoms with van der Waals surface area (Å²) in [7, 11) is 0. The maximum Gasteiger partial charge on any atom is 0.327 e. The van der Waals surface area contributed by atoms with Crippen LogP contribution >= 0.6 is 11.3 Å². The molecular weight excluding hydrogens is 501 g/mol. The van der Waals surface area contributed by atoms with Crippen molar-refractivity contribution in [2.45, 2.75) is 64.0 Å². The summed E-state index contributed by atoms with van der Waals surface area (Å²) < 4.78 is 14.0. The molecule has 2 fully saturated rings. The van der Waals surface area contributed by atoms with Gasteiger partial charge in [0.25, 0.3) is 0 Å². The van der Waals surface area contributed by atoms with Gasteiger partial charge in [-0.3, -0.25) is 9.59 Å². The molecule has 1 amide bonds. The molecule has 7 heteroatoms. The van der Waals surface area contributed by atoms with Gasteiger partial charge < -0.3 is 10.0 Å². The van der Waals surface area contributed by atoms with Crippen molar-refractivity contribution in [2.24, 2.45) is 11.8 Å². The molecule has 5 rings (SSSR count). The molecule has 38 heavy (non-hydrogen) atoms. The highest BCUT2D eigenvalue weighted by molar-refractivity contribution is 7.10. The SMILES string of the molecule is Cc1ccccc1C(=O)C1C(c2sccc2C)C(C(=O)O)N(C(=O)C2CCCCC2)C1c1ccc(F)cc1. The number of amides is 1. The molecule has 1 aliphatic heterocycles. The number of nitrogens with zero attached hydrogens (tertiary/aromatic N) is 1. The first kappa shape index (κ1) is 26.3.